The smallest absolute Gasteiger partial charge is 0.251 e. The number of likely N-dealkylation sites (N-methyl/N-ethyl adjacent to an activating group) is 1. The van der Waals surface area contributed by atoms with Gasteiger partial charge < -0.3 is 10.2 Å². The number of amides is 1. The summed E-state index contributed by atoms with van der Waals surface area (Å²) in [6, 6.07) is 16.6. The topological polar surface area (TPSA) is 35.6 Å². The Hall–Kier alpha value is -2.17. The molecular formula is C24H33N3O. The van der Waals surface area contributed by atoms with Crippen molar-refractivity contribution in [2.24, 2.45) is 0 Å². The number of hydrogen-bond acceptors (Lipinski definition) is 3. The van der Waals surface area contributed by atoms with Crippen LogP contribution in [-0.2, 0) is 6.42 Å². The van der Waals surface area contributed by atoms with Crippen LogP contribution in [0.25, 0.3) is 11.1 Å². The van der Waals surface area contributed by atoms with Crippen molar-refractivity contribution < 1.29 is 4.79 Å². The summed E-state index contributed by atoms with van der Waals surface area (Å²) in [6.45, 7) is 12.9. The monoisotopic (exact) mass is 379 g/mol. The van der Waals surface area contributed by atoms with Gasteiger partial charge in [-0.2, -0.15) is 0 Å². The highest BCUT2D eigenvalue weighted by atomic mass is 16.1. The molecule has 0 bridgehead atoms. The quantitative estimate of drug-likeness (QED) is 0.797. The van der Waals surface area contributed by atoms with E-state index in [-0.39, 0.29) is 11.9 Å². The molecular weight excluding hydrogens is 346 g/mol. The number of benzene rings is 2. The third kappa shape index (κ3) is 5.43. The zero-order valence-corrected chi connectivity index (χ0v) is 17.4. The predicted molar refractivity (Wildman–Crippen MR) is 117 cm³/mol. The summed E-state index contributed by atoms with van der Waals surface area (Å²) < 4.78 is 0. The maximum atomic E-state index is 12.8. The summed E-state index contributed by atoms with van der Waals surface area (Å²) in [4.78, 5) is 17.7. The van der Waals surface area contributed by atoms with Crippen molar-refractivity contribution in [1.82, 2.24) is 15.1 Å². The lowest BCUT2D eigenvalue weighted by Gasteiger charge is -2.35. The molecule has 150 valence electrons. The molecule has 0 unspecified atom stereocenters. The van der Waals surface area contributed by atoms with E-state index in [1.165, 1.54) is 5.56 Å². The van der Waals surface area contributed by atoms with E-state index < -0.39 is 0 Å². The maximum absolute atomic E-state index is 12.8. The molecule has 2 aromatic rings. The van der Waals surface area contributed by atoms with Crippen LogP contribution < -0.4 is 5.32 Å². The molecule has 0 saturated carbocycles. The van der Waals surface area contributed by atoms with Crippen molar-refractivity contribution in [3.63, 3.8) is 0 Å². The van der Waals surface area contributed by atoms with Crippen LogP contribution in [0.3, 0.4) is 0 Å². The predicted octanol–water partition coefficient (Wildman–Crippen LogP) is 3.67. The van der Waals surface area contributed by atoms with Crippen molar-refractivity contribution in [2.45, 2.75) is 33.2 Å². The lowest BCUT2D eigenvalue weighted by atomic mass is 10.00. The fourth-order valence-electron chi connectivity index (χ4n) is 3.84. The van der Waals surface area contributed by atoms with Gasteiger partial charge in [-0.15, -0.1) is 0 Å². The molecule has 1 N–H and O–H groups in total. The third-order valence-corrected chi connectivity index (χ3v) is 5.62. The van der Waals surface area contributed by atoms with Crippen LogP contribution in [0.15, 0.2) is 48.5 Å². The summed E-state index contributed by atoms with van der Waals surface area (Å²) in [7, 11) is 0. The Morgan fingerprint density at radius 2 is 1.61 bits per heavy atom. The average molecular weight is 380 g/mol. The van der Waals surface area contributed by atoms with Crippen molar-refractivity contribution in [1.29, 1.82) is 0 Å². The van der Waals surface area contributed by atoms with Gasteiger partial charge in [-0.3, -0.25) is 9.69 Å². The van der Waals surface area contributed by atoms with Crippen molar-refractivity contribution in [3.8, 4) is 11.1 Å². The van der Waals surface area contributed by atoms with Crippen LogP contribution in [0.4, 0.5) is 0 Å². The van der Waals surface area contributed by atoms with Crippen molar-refractivity contribution in [2.75, 3.05) is 39.3 Å². The number of nitrogens with one attached hydrogen (secondary N) is 1. The van der Waals surface area contributed by atoms with Gasteiger partial charge in [-0.05, 0) is 48.7 Å². The minimum Gasteiger partial charge on any atom is -0.348 e. The number of hydrogen-bond donors (Lipinski definition) is 1. The number of carbonyl (C=O) groups is 1. The molecule has 1 aliphatic heterocycles. The summed E-state index contributed by atoms with van der Waals surface area (Å²) >= 11 is 0. The van der Waals surface area contributed by atoms with Gasteiger partial charge in [0.05, 0.1) is 0 Å². The number of nitrogens with zero attached hydrogens (tertiary/aromatic N) is 2. The molecule has 2 aromatic carbocycles. The van der Waals surface area contributed by atoms with E-state index in [4.69, 9.17) is 0 Å². The van der Waals surface area contributed by atoms with Crippen LogP contribution in [0, 0.1) is 0 Å². The Morgan fingerprint density at radius 1 is 0.964 bits per heavy atom. The highest BCUT2D eigenvalue weighted by molar-refractivity contribution is 5.95. The van der Waals surface area contributed by atoms with Gasteiger partial charge in [-0.25, -0.2) is 0 Å². The summed E-state index contributed by atoms with van der Waals surface area (Å²) in [5.41, 5.74) is 4.29. The van der Waals surface area contributed by atoms with Gasteiger partial charge in [0.1, 0.15) is 0 Å². The fourth-order valence-corrected chi connectivity index (χ4v) is 3.84. The Morgan fingerprint density at radius 3 is 2.29 bits per heavy atom. The molecule has 1 amide bonds. The molecule has 1 fully saturated rings. The standard InChI is InChI=1S/C24H33N3O/c1-4-20-8-6-9-21(16-20)22-10-7-11-23(17-22)24(28)25-19(3)18-27-14-12-26(5-2)13-15-27/h6-11,16-17,19H,4-5,12-15,18H2,1-3H3,(H,25,28)/t19-/m0/s1. The Kier molecular flexibility index (Phi) is 7.24. The second kappa shape index (κ2) is 9.85. The van der Waals surface area contributed by atoms with Gasteiger partial charge in [0, 0.05) is 44.3 Å². The molecule has 1 saturated heterocycles. The van der Waals surface area contributed by atoms with Crippen LogP contribution >= 0.6 is 0 Å². The highest BCUT2D eigenvalue weighted by Crippen LogP contribution is 2.22. The first-order valence-electron chi connectivity index (χ1n) is 10.5. The molecule has 1 heterocycles. The molecule has 4 nitrogen and oxygen atoms in total. The minimum absolute atomic E-state index is 0.00758. The lowest BCUT2D eigenvalue weighted by molar-refractivity contribution is 0.0908. The zero-order chi connectivity index (χ0) is 19.9. The normalized spacial score (nSPS) is 16.7. The summed E-state index contributed by atoms with van der Waals surface area (Å²) in [5.74, 6) is 0.00758. The molecule has 1 aliphatic rings. The van der Waals surface area contributed by atoms with E-state index in [2.05, 4.69) is 66.2 Å². The molecule has 3 rings (SSSR count). The number of carbonyl (C=O) groups excluding carboxylic acids is 1. The molecule has 1 atom stereocenters. The number of piperazine rings is 1. The molecule has 4 heteroatoms. The van der Waals surface area contributed by atoms with Crippen LogP contribution in [0.1, 0.15) is 36.7 Å². The average Bonchev–Trinajstić information content (AvgIpc) is 2.74. The van der Waals surface area contributed by atoms with E-state index in [9.17, 15) is 4.79 Å². The summed E-state index contributed by atoms with van der Waals surface area (Å²) in [6.07, 6.45) is 1.01. The van der Waals surface area contributed by atoms with Crippen molar-refractivity contribution in [3.05, 3.63) is 59.7 Å². The fraction of sp³-hybridized carbons (Fsp3) is 0.458. The molecule has 28 heavy (non-hydrogen) atoms. The minimum atomic E-state index is 0.00758. The van der Waals surface area contributed by atoms with E-state index in [0.29, 0.717) is 0 Å². The van der Waals surface area contributed by atoms with Crippen LogP contribution in [-0.4, -0.2) is 61.0 Å². The zero-order valence-electron chi connectivity index (χ0n) is 17.4. The van der Waals surface area contributed by atoms with Crippen LogP contribution in [0.2, 0.25) is 0 Å². The first-order chi connectivity index (χ1) is 13.6. The lowest BCUT2D eigenvalue weighted by Crippen LogP contribution is -2.50. The number of aryl methyl sites for hydroxylation is 1. The van der Waals surface area contributed by atoms with E-state index >= 15 is 0 Å². The summed E-state index contributed by atoms with van der Waals surface area (Å²) in [5, 5.41) is 3.18. The van der Waals surface area contributed by atoms with Crippen molar-refractivity contribution >= 4 is 5.91 Å². The van der Waals surface area contributed by atoms with Crippen LogP contribution in [0.5, 0.6) is 0 Å². The molecule has 0 aromatic heterocycles. The Labute approximate surface area is 169 Å². The van der Waals surface area contributed by atoms with Gasteiger partial charge >= 0.3 is 0 Å². The third-order valence-electron chi connectivity index (χ3n) is 5.62. The SMILES string of the molecule is CCc1cccc(-c2cccc(C(=O)N[C@@H](C)CN3CCN(CC)CC3)c2)c1. The molecule has 0 spiro atoms. The van der Waals surface area contributed by atoms with E-state index in [0.717, 1.165) is 62.4 Å². The first kappa shape index (κ1) is 20.6. The Balaban J connectivity index is 1.60. The van der Waals surface area contributed by atoms with E-state index in [1.807, 2.05) is 18.2 Å². The number of rotatable bonds is 7. The first-order valence-corrected chi connectivity index (χ1v) is 10.5. The maximum Gasteiger partial charge on any atom is 0.251 e. The molecule has 0 radical (unpaired) electrons. The van der Waals surface area contributed by atoms with Gasteiger partial charge in [0.15, 0.2) is 0 Å². The second-order valence-corrected chi connectivity index (χ2v) is 7.74. The molecule has 0 aliphatic carbocycles. The van der Waals surface area contributed by atoms with Gasteiger partial charge in [-0.1, -0.05) is 50.2 Å². The largest absolute Gasteiger partial charge is 0.348 e. The van der Waals surface area contributed by atoms with Gasteiger partial charge in [0.25, 0.3) is 5.91 Å². The Bertz CT molecular complexity index is 781. The van der Waals surface area contributed by atoms with Gasteiger partial charge in [0.2, 0.25) is 0 Å². The highest BCUT2D eigenvalue weighted by Gasteiger charge is 2.18. The second-order valence-electron chi connectivity index (χ2n) is 7.74. The van der Waals surface area contributed by atoms with E-state index in [1.54, 1.807) is 0 Å².